The summed E-state index contributed by atoms with van der Waals surface area (Å²) in [6, 6.07) is 4.04. The Morgan fingerprint density at radius 2 is 2.11 bits per heavy atom. The van der Waals surface area contributed by atoms with Crippen molar-refractivity contribution >= 4 is 21.8 Å². The van der Waals surface area contributed by atoms with Gasteiger partial charge in [-0.3, -0.25) is 4.79 Å². The predicted octanol–water partition coefficient (Wildman–Crippen LogP) is 2.62. The largest absolute Gasteiger partial charge is 0.391 e. The van der Waals surface area contributed by atoms with E-state index >= 15 is 0 Å². The third kappa shape index (κ3) is 3.09. The van der Waals surface area contributed by atoms with Gasteiger partial charge in [0.15, 0.2) is 0 Å². The molecule has 0 aromatic heterocycles. The molecule has 0 aliphatic heterocycles. The van der Waals surface area contributed by atoms with E-state index in [1.807, 2.05) is 0 Å². The average Bonchev–Trinajstić information content (AvgIpc) is 2.32. The van der Waals surface area contributed by atoms with Crippen molar-refractivity contribution in [2.45, 2.75) is 37.8 Å². The Balaban J connectivity index is 2.07. The van der Waals surface area contributed by atoms with Crippen LogP contribution in [0, 0.1) is 5.82 Å². The molecule has 1 fully saturated rings. The molecule has 1 aromatic carbocycles. The Morgan fingerprint density at radius 1 is 1.39 bits per heavy atom. The van der Waals surface area contributed by atoms with Crippen molar-refractivity contribution in [3.05, 3.63) is 34.1 Å². The molecule has 2 atom stereocenters. The zero-order valence-electron chi connectivity index (χ0n) is 9.83. The molecule has 0 saturated heterocycles. The van der Waals surface area contributed by atoms with Crippen LogP contribution in [0.5, 0.6) is 0 Å². The van der Waals surface area contributed by atoms with Gasteiger partial charge in [-0.2, -0.15) is 0 Å². The summed E-state index contributed by atoms with van der Waals surface area (Å²) in [4.78, 5) is 11.9. The number of hydrogen-bond acceptors (Lipinski definition) is 2. The van der Waals surface area contributed by atoms with Gasteiger partial charge in [-0.15, -0.1) is 0 Å². The summed E-state index contributed by atoms with van der Waals surface area (Å²) in [5.74, 6) is -1.03. The Hall–Kier alpha value is -0.940. The zero-order valence-corrected chi connectivity index (χ0v) is 11.4. The van der Waals surface area contributed by atoms with E-state index in [1.54, 1.807) is 6.07 Å². The van der Waals surface area contributed by atoms with Crippen LogP contribution in [0.3, 0.4) is 0 Å². The first kappa shape index (κ1) is 13.5. The maximum absolute atomic E-state index is 13.6. The van der Waals surface area contributed by atoms with E-state index in [4.69, 9.17) is 0 Å². The normalized spacial score (nSPS) is 23.7. The lowest BCUT2D eigenvalue weighted by atomic mass is 9.92. The van der Waals surface area contributed by atoms with Crippen molar-refractivity contribution in [2.75, 3.05) is 0 Å². The van der Waals surface area contributed by atoms with Gasteiger partial charge in [0, 0.05) is 4.47 Å². The molecule has 1 aliphatic carbocycles. The summed E-state index contributed by atoms with van der Waals surface area (Å²) in [7, 11) is 0. The number of halogens is 2. The fourth-order valence-corrected chi connectivity index (χ4v) is 2.53. The SMILES string of the molecule is O=C(N[C@@H]1CCCC[C@H]1O)c1ccc(Br)cc1F. The quantitative estimate of drug-likeness (QED) is 0.881. The highest BCUT2D eigenvalue weighted by Crippen LogP contribution is 2.20. The Labute approximate surface area is 114 Å². The maximum atomic E-state index is 13.6. The summed E-state index contributed by atoms with van der Waals surface area (Å²) in [6.45, 7) is 0. The van der Waals surface area contributed by atoms with Gasteiger partial charge < -0.3 is 10.4 Å². The number of aliphatic hydroxyl groups is 1. The molecular weight excluding hydrogens is 301 g/mol. The summed E-state index contributed by atoms with van der Waals surface area (Å²) in [5.41, 5.74) is 0.0102. The van der Waals surface area contributed by atoms with E-state index in [0.29, 0.717) is 10.9 Å². The predicted molar refractivity (Wildman–Crippen MR) is 69.8 cm³/mol. The molecule has 2 rings (SSSR count). The number of rotatable bonds is 2. The van der Waals surface area contributed by atoms with Crippen LogP contribution in [0.4, 0.5) is 4.39 Å². The van der Waals surface area contributed by atoms with Gasteiger partial charge in [0.05, 0.1) is 17.7 Å². The van der Waals surface area contributed by atoms with Crippen LogP contribution in [0.2, 0.25) is 0 Å². The highest BCUT2D eigenvalue weighted by molar-refractivity contribution is 9.10. The first-order valence-corrected chi connectivity index (χ1v) is 6.81. The molecule has 1 saturated carbocycles. The molecule has 3 nitrogen and oxygen atoms in total. The molecule has 98 valence electrons. The van der Waals surface area contributed by atoms with Gasteiger partial charge in [0.2, 0.25) is 0 Å². The van der Waals surface area contributed by atoms with Gasteiger partial charge in [0.25, 0.3) is 5.91 Å². The van der Waals surface area contributed by atoms with E-state index < -0.39 is 17.8 Å². The number of hydrogen-bond donors (Lipinski definition) is 2. The third-order valence-corrected chi connectivity index (χ3v) is 3.71. The van der Waals surface area contributed by atoms with E-state index in [1.165, 1.54) is 12.1 Å². The molecule has 0 bridgehead atoms. The number of nitrogens with one attached hydrogen (secondary N) is 1. The van der Waals surface area contributed by atoms with Gasteiger partial charge in [-0.05, 0) is 31.0 Å². The highest BCUT2D eigenvalue weighted by Gasteiger charge is 2.25. The van der Waals surface area contributed by atoms with Crippen molar-refractivity contribution in [3.63, 3.8) is 0 Å². The van der Waals surface area contributed by atoms with Crippen molar-refractivity contribution in [1.82, 2.24) is 5.32 Å². The van der Waals surface area contributed by atoms with Crippen molar-refractivity contribution in [3.8, 4) is 0 Å². The molecular formula is C13H15BrFNO2. The topological polar surface area (TPSA) is 49.3 Å². The fraction of sp³-hybridized carbons (Fsp3) is 0.462. The van der Waals surface area contributed by atoms with Crippen LogP contribution < -0.4 is 5.32 Å². The summed E-state index contributed by atoms with van der Waals surface area (Å²) in [6.07, 6.45) is 2.85. The smallest absolute Gasteiger partial charge is 0.254 e. The molecule has 0 unspecified atom stereocenters. The molecule has 1 aromatic rings. The first-order chi connectivity index (χ1) is 8.58. The Bertz CT molecular complexity index is 453. The van der Waals surface area contributed by atoms with Crippen molar-refractivity contribution in [2.24, 2.45) is 0 Å². The second-order valence-electron chi connectivity index (χ2n) is 4.56. The highest BCUT2D eigenvalue weighted by atomic mass is 79.9. The van der Waals surface area contributed by atoms with E-state index in [2.05, 4.69) is 21.2 Å². The summed E-state index contributed by atoms with van der Waals surface area (Å²) >= 11 is 3.14. The fourth-order valence-electron chi connectivity index (χ4n) is 2.20. The van der Waals surface area contributed by atoms with Gasteiger partial charge in [-0.25, -0.2) is 4.39 Å². The monoisotopic (exact) mass is 315 g/mol. The second-order valence-corrected chi connectivity index (χ2v) is 5.47. The molecule has 1 amide bonds. The van der Waals surface area contributed by atoms with Crippen LogP contribution in [-0.4, -0.2) is 23.2 Å². The average molecular weight is 316 g/mol. The number of benzene rings is 1. The molecule has 0 radical (unpaired) electrons. The Morgan fingerprint density at radius 3 is 2.78 bits per heavy atom. The molecule has 0 heterocycles. The number of aliphatic hydroxyl groups excluding tert-OH is 1. The third-order valence-electron chi connectivity index (χ3n) is 3.22. The van der Waals surface area contributed by atoms with E-state index in [0.717, 1.165) is 19.3 Å². The number of carbonyl (C=O) groups excluding carboxylic acids is 1. The molecule has 2 N–H and O–H groups in total. The van der Waals surface area contributed by atoms with Crippen molar-refractivity contribution in [1.29, 1.82) is 0 Å². The minimum Gasteiger partial charge on any atom is -0.391 e. The van der Waals surface area contributed by atoms with E-state index in [9.17, 15) is 14.3 Å². The molecule has 5 heteroatoms. The lowest BCUT2D eigenvalue weighted by Gasteiger charge is -2.28. The van der Waals surface area contributed by atoms with Crippen LogP contribution in [-0.2, 0) is 0 Å². The molecule has 18 heavy (non-hydrogen) atoms. The van der Waals surface area contributed by atoms with Crippen LogP contribution in [0.15, 0.2) is 22.7 Å². The van der Waals surface area contributed by atoms with Gasteiger partial charge >= 0.3 is 0 Å². The summed E-state index contributed by atoms with van der Waals surface area (Å²) in [5, 5.41) is 12.5. The lowest BCUT2D eigenvalue weighted by Crippen LogP contribution is -2.45. The second kappa shape index (κ2) is 5.80. The van der Waals surface area contributed by atoms with Gasteiger partial charge in [0.1, 0.15) is 5.82 Å². The lowest BCUT2D eigenvalue weighted by molar-refractivity contribution is 0.0714. The Kier molecular flexibility index (Phi) is 4.35. The van der Waals surface area contributed by atoms with Crippen LogP contribution in [0.1, 0.15) is 36.0 Å². The van der Waals surface area contributed by atoms with E-state index in [-0.39, 0.29) is 11.6 Å². The maximum Gasteiger partial charge on any atom is 0.254 e. The van der Waals surface area contributed by atoms with Crippen LogP contribution >= 0.6 is 15.9 Å². The van der Waals surface area contributed by atoms with Gasteiger partial charge in [-0.1, -0.05) is 28.8 Å². The molecule has 0 spiro atoms. The minimum atomic E-state index is -0.563. The van der Waals surface area contributed by atoms with Crippen LogP contribution in [0.25, 0.3) is 0 Å². The summed E-state index contributed by atoms with van der Waals surface area (Å²) < 4.78 is 14.2. The first-order valence-electron chi connectivity index (χ1n) is 6.02. The minimum absolute atomic E-state index is 0.0102. The number of amides is 1. The molecule has 1 aliphatic rings. The standard InChI is InChI=1S/C13H15BrFNO2/c14-8-5-6-9(10(15)7-8)13(18)16-11-3-1-2-4-12(11)17/h5-7,11-12,17H,1-4H2,(H,16,18)/t11-,12-/m1/s1. The number of carbonyl (C=O) groups is 1. The van der Waals surface area contributed by atoms with Crippen molar-refractivity contribution < 1.29 is 14.3 Å². The zero-order chi connectivity index (χ0) is 13.1.